The molecular formula is C12H16O5. The van der Waals surface area contributed by atoms with E-state index >= 15 is 0 Å². The third kappa shape index (κ3) is 3.18. The van der Waals surface area contributed by atoms with Crippen LogP contribution in [0.15, 0.2) is 24.3 Å². The van der Waals surface area contributed by atoms with Gasteiger partial charge in [-0.25, -0.2) is 4.79 Å². The van der Waals surface area contributed by atoms with E-state index in [2.05, 4.69) is 4.74 Å². The Morgan fingerprint density at radius 1 is 1.18 bits per heavy atom. The van der Waals surface area contributed by atoms with E-state index in [4.69, 9.17) is 9.47 Å². The van der Waals surface area contributed by atoms with Gasteiger partial charge >= 0.3 is 5.97 Å². The number of hydrogen-bond donors (Lipinski definition) is 1. The Kier molecular flexibility index (Phi) is 4.93. The number of aliphatic hydroxyl groups is 1. The van der Waals surface area contributed by atoms with Gasteiger partial charge in [0.25, 0.3) is 0 Å². The molecule has 0 aliphatic carbocycles. The summed E-state index contributed by atoms with van der Waals surface area (Å²) in [6, 6.07) is 6.90. The first-order chi connectivity index (χ1) is 8.13. The van der Waals surface area contributed by atoms with Crippen LogP contribution in [0.4, 0.5) is 0 Å². The summed E-state index contributed by atoms with van der Waals surface area (Å²) in [5.74, 6) is -0.0381. The van der Waals surface area contributed by atoms with Crippen LogP contribution in [-0.2, 0) is 14.3 Å². The van der Waals surface area contributed by atoms with Crippen LogP contribution in [0, 0.1) is 0 Å². The minimum Gasteiger partial charge on any atom is -0.497 e. The predicted octanol–water partition coefficient (Wildman–Crippen LogP) is 0.917. The molecule has 0 radical (unpaired) electrons. The number of esters is 1. The number of carbonyl (C=O) groups excluding carboxylic acids is 1. The molecule has 17 heavy (non-hydrogen) atoms. The molecular weight excluding hydrogens is 224 g/mol. The molecule has 0 saturated carbocycles. The van der Waals surface area contributed by atoms with Crippen LogP contribution in [0.2, 0.25) is 0 Å². The number of methoxy groups -OCH3 is 3. The maximum absolute atomic E-state index is 11.2. The first-order valence-electron chi connectivity index (χ1n) is 5.06. The predicted molar refractivity (Wildman–Crippen MR) is 60.8 cm³/mol. The number of benzene rings is 1. The maximum atomic E-state index is 11.2. The van der Waals surface area contributed by atoms with Crippen molar-refractivity contribution >= 4 is 5.97 Å². The molecule has 0 amide bonds. The SMILES string of the molecule is COC(=O)C(O)C(OC)c1ccc(OC)cc1. The van der Waals surface area contributed by atoms with E-state index in [0.29, 0.717) is 11.3 Å². The Bertz CT molecular complexity index is 360. The van der Waals surface area contributed by atoms with Crippen LogP contribution in [0.1, 0.15) is 11.7 Å². The quantitative estimate of drug-likeness (QED) is 0.775. The van der Waals surface area contributed by atoms with E-state index in [1.165, 1.54) is 14.2 Å². The van der Waals surface area contributed by atoms with E-state index in [0.717, 1.165) is 0 Å². The number of hydrogen-bond acceptors (Lipinski definition) is 5. The average molecular weight is 240 g/mol. The molecule has 1 aromatic carbocycles. The van der Waals surface area contributed by atoms with Gasteiger partial charge in [-0.15, -0.1) is 0 Å². The molecule has 1 aromatic rings. The van der Waals surface area contributed by atoms with Gasteiger partial charge in [-0.05, 0) is 17.7 Å². The van der Waals surface area contributed by atoms with Gasteiger partial charge in [0.15, 0.2) is 6.10 Å². The molecule has 1 N–H and O–H groups in total. The Labute approximate surface area is 99.9 Å². The second-order valence-electron chi connectivity index (χ2n) is 3.40. The van der Waals surface area contributed by atoms with Crippen molar-refractivity contribution in [3.63, 3.8) is 0 Å². The van der Waals surface area contributed by atoms with Gasteiger partial charge in [0, 0.05) is 7.11 Å². The summed E-state index contributed by atoms with van der Waals surface area (Å²) in [6.07, 6.45) is -2.10. The fraction of sp³-hybridized carbons (Fsp3) is 0.417. The van der Waals surface area contributed by atoms with Gasteiger partial charge in [-0.2, -0.15) is 0 Å². The lowest BCUT2D eigenvalue weighted by Crippen LogP contribution is -2.30. The molecule has 94 valence electrons. The Hall–Kier alpha value is -1.59. The monoisotopic (exact) mass is 240 g/mol. The lowest BCUT2D eigenvalue weighted by molar-refractivity contribution is -0.158. The number of carbonyl (C=O) groups is 1. The number of ether oxygens (including phenoxy) is 3. The van der Waals surface area contributed by atoms with Crippen molar-refractivity contribution in [2.24, 2.45) is 0 Å². The lowest BCUT2D eigenvalue weighted by Gasteiger charge is -2.20. The maximum Gasteiger partial charge on any atom is 0.337 e. The summed E-state index contributed by atoms with van der Waals surface area (Å²) in [7, 11) is 4.19. The fourth-order valence-corrected chi connectivity index (χ4v) is 1.49. The summed E-state index contributed by atoms with van der Waals surface area (Å²) in [5, 5.41) is 9.73. The van der Waals surface area contributed by atoms with Crippen molar-refractivity contribution in [3.05, 3.63) is 29.8 Å². The van der Waals surface area contributed by atoms with Gasteiger partial charge in [-0.3, -0.25) is 0 Å². The zero-order valence-corrected chi connectivity index (χ0v) is 10.0. The highest BCUT2D eigenvalue weighted by atomic mass is 16.5. The van der Waals surface area contributed by atoms with Crippen molar-refractivity contribution in [2.75, 3.05) is 21.3 Å². The van der Waals surface area contributed by atoms with Gasteiger partial charge in [0.1, 0.15) is 11.9 Å². The largest absolute Gasteiger partial charge is 0.497 e. The lowest BCUT2D eigenvalue weighted by atomic mass is 10.0. The van der Waals surface area contributed by atoms with E-state index in [9.17, 15) is 9.90 Å². The zero-order chi connectivity index (χ0) is 12.8. The first kappa shape index (κ1) is 13.5. The molecule has 0 fully saturated rings. The summed E-state index contributed by atoms with van der Waals surface area (Å²) in [5.41, 5.74) is 0.672. The molecule has 2 unspecified atom stereocenters. The van der Waals surface area contributed by atoms with E-state index in [-0.39, 0.29) is 0 Å². The summed E-state index contributed by atoms with van der Waals surface area (Å²) < 4.78 is 14.6. The van der Waals surface area contributed by atoms with Crippen LogP contribution in [0.3, 0.4) is 0 Å². The molecule has 5 heteroatoms. The normalized spacial score (nSPS) is 13.9. The minimum atomic E-state index is -1.35. The van der Waals surface area contributed by atoms with Crippen molar-refractivity contribution in [1.82, 2.24) is 0 Å². The van der Waals surface area contributed by atoms with E-state index < -0.39 is 18.2 Å². The summed E-state index contributed by atoms with van der Waals surface area (Å²) >= 11 is 0. The third-order valence-corrected chi connectivity index (χ3v) is 2.43. The molecule has 0 aliphatic heterocycles. The molecule has 1 rings (SSSR count). The van der Waals surface area contributed by atoms with Crippen LogP contribution in [-0.4, -0.2) is 38.5 Å². The highest BCUT2D eigenvalue weighted by Crippen LogP contribution is 2.23. The topological polar surface area (TPSA) is 65.0 Å². The highest BCUT2D eigenvalue weighted by molar-refractivity contribution is 5.75. The van der Waals surface area contributed by atoms with Crippen LogP contribution in [0.5, 0.6) is 5.75 Å². The third-order valence-electron chi connectivity index (χ3n) is 2.43. The molecule has 0 spiro atoms. The Morgan fingerprint density at radius 3 is 2.18 bits per heavy atom. The van der Waals surface area contributed by atoms with E-state index in [1.807, 2.05) is 0 Å². The van der Waals surface area contributed by atoms with Crippen molar-refractivity contribution in [1.29, 1.82) is 0 Å². The van der Waals surface area contributed by atoms with E-state index in [1.54, 1.807) is 31.4 Å². The zero-order valence-electron chi connectivity index (χ0n) is 10.0. The fourth-order valence-electron chi connectivity index (χ4n) is 1.49. The molecule has 0 aliphatic rings. The number of aliphatic hydroxyl groups excluding tert-OH is 1. The Balaban J connectivity index is 2.89. The Morgan fingerprint density at radius 2 is 1.76 bits per heavy atom. The average Bonchev–Trinajstić information content (AvgIpc) is 2.39. The molecule has 0 aromatic heterocycles. The summed E-state index contributed by atoms with van der Waals surface area (Å²) in [6.45, 7) is 0. The van der Waals surface area contributed by atoms with Crippen LogP contribution < -0.4 is 4.74 Å². The van der Waals surface area contributed by atoms with Gasteiger partial charge < -0.3 is 19.3 Å². The number of rotatable bonds is 5. The molecule has 2 atom stereocenters. The standard InChI is InChI=1S/C12H16O5/c1-15-9-6-4-8(5-7-9)11(16-2)10(13)12(14)17-3/h4-7,10-11,13H,1-3H3. The van der Waals surface area contributed by atoms with Crippen molar-refractivity contribution in [2.45, 2.75) is 12.2 Å². The second kappa shape index (κ2) is 6.22. The molecule has 0 heterocycles. The van der Waals surface area contributed by atoms with Gasteiger partial charge in [0.05, 0.1) is 14.2 Å². The first-order valence-corrected chi connectivity index (χ1v) is 5.06. The van der Waals surface area contributed by atoms with Gasteiger partial charge in [0.2, 0.25) is 0 Å². The van der Waals surface area contributed by atoms with Crippen LogP contribution in [0.25, 0.3) is 0 Å². The van der Waals surface area contributed by atoms with Crippen LogP contribution >= 0.6 is 0 Å². The minimum absolute atomic E-state index is 0.672. The smallest absolute Gasteiger partial charge is 0.337 e. The molecule has 0 bridgehead atoms. The second-order valence-corrected chi connectivity index (χ2v) is 3.40. The molecule has 0 saturated heterocycles. The summed E-state index contributed by atoms with van der Waals surface area (Å²) in [4.78, 5) is 11.2. The van der Waals surface area contributed by atoms with Gasteiger partial charge in [-0.1, -0.05) is 12.1 Å². The van der Waals surface area contributed by atoms with Crippen molar-refractivity contribution < 1.29 is 24.1 Å². The highest BCUT2D eigenvalue weighted by Gasteiger charge is 2.28. The molecule has 5 nitrogen and oxygen atoms in total. The van der Waals surface area contributed by atoms with Crippen molar-refractivity contribution in [3.8, 4) is 5.75 Å².